The molecular formula is C16H42. The first-order chi connectivity index (χ1) is 7.83. The summed E-state index contributed by atoms with van der Waals surface area (Å²) in [6.45, 7) is 20.5. The van der Waals surface area contributed by atoms with Gasteiger partial charge in [0.2, 0.25) is 0 Å². The van der Waals surface area contributed by atoms with Crippen molar-refractivity contribution in [2.45, 2.75) is 108 Å². The largest absolute Gasteiger partial charge is 0.0683 e. The quantitative estimate of drug-likeness (QED) is 0.408. The molecule has 0 aliphatic heterocycles. The van der Waals surface area contributed by atoms with E-state index >= 15 is 0 Å². The minimum absolute atomic E-state index is 1.25. The van der Waals surface area contributed by atoms with Gasteiger partial charge >= 0.3 is 0 Å². The molecular weight excluding hydrogens is 192 g/mol. The molecule has 1 aliphatic rings. The van der Waals surface area contributed by atoms with Gasteiger partial charge in [0.25, 0.3) is 0 Å². The average molecular weight is 235 g/mol. The second-order valence-electron chi connectivity index (χ2n) is 2.83. The van der Waals surface area contributed by atoms with Crippen LogP contribution in [-0.2, 0) is 0 Å². The number of rotatable bonds is 0. The van der Waals surface area contributed by atoms with Crippen molar-refractivity contribution >= 4 is 0 Å². The number of hydrogen-bond acceptors (Lipinski definition) is 0. The molecule has 1 rings (SSSR count). The van der Waals surface area contributed by atoms with Crippen LogP contribution in [0.5, 0.6) is 0 Å². The molecule has 16 heavy (non-hydrogen) atoms. The van der Waals surface area contributed by atoms with Crippen LogP contribution in [0, 0.1) is 0 Å². The normalized spacial score (nSPS) is 9.38. The van der Waals surface area contributed by atoms with Crippen molar-refractivity contribution in [3.63, 3.8) is 0 Å². The van der Waals surface area contributed by atoms with Gasteiger partial charge in [0, 0.05) is 0 Å². The van der Waals surface area contributed by atoms with E-state index in [2.05, 4.69) is 27.7 Å². The third-order valence-corrected chi connectivity index (χ3v) is 1.000. The molecule has 0 heterocycles. The van der Waals surface area contributed by atoms with Crippen molar-refractivity contribution in [3.05, 3.63) is 0 Å². The molecule has 0 amide bonds. The lowest BCUT2D eigenvalue weighted by Gasteiger charge is -2.05. The molecule has 0 bridgehead atoms. The van der Waals surface area contributed by atoms with E-state index in [1.54, 1.807) is 0 Å². The van der Waals surface area contributed by atoms with Crippen LogP contribution < -0.4 is 0 Å². The van der Waals surface area contributed by atoms with Crippen molar-refractivity contribution in [3.8, 4) is 0 Å². The van der Waals surface area contributed by atoms with Crippen molar-refractivity contribution in [2.75, 3.05) is 0 Å². The second-order valence-corrected chi connectivity index (χ2v) is 2.83. The fourth-order valence-corrected chi connectivity index (χ4v) is 0.250. The fourth-order valence-electron chi connectivity index (χ4n) is 0.250. The van der Waals surface area contributed by atoms with Crippen molar-refractivity contribution < 1.29 is 0 Å². The van der Waals surface area contributed by atoms with E-state index in [4.69, 9.17) is 0 Å². The van der Waals surface area contributed by atoms with Crippen LogP contribution in [0.25, 0.3) is 0 Å². The summed E-state index contributed by atoms with van der Waals surface area (Å²) in [7, 11) is 0. The highest BCUT2D eigenvalue weighted by atomic mass is 14.0. The Morgan fingerprint density at radius 1 is 0.438 bits per heavy atom. The zero-order valence-corrected chi connectivity index (χ0v) is 14.2. The monoisotopic (exact) mass is 234 g/mol. The highest BCUT2D eigenvalue weighted by molar-refractivity contribution is 4.50. The Bertz CT molecular complexity index is 21.0. The van der Waals surface area contributed by atoms with Crippen LogP contribution in [0.1, 0.15) is 108 Å². The van der Waals surface area contributed by atoms with E-state index in [-0.39, 0.29) is 0 Å². The molecule has 1 saturated carbocycles. The molecule has 0 spiro atoms. The summed E-state index contributed by atoms with van der Waals surface area (Å²) in [6.07, 6.45) is 8.50. The van der Waals surface area contributed by atoms with Crippen LogP contribution in [0.4, 0.5) is 0 Å². The summed E-state index contributed by atoms with van der Waals surface area (Å²) in [4.78, 5) is 0. The van der Waals surface area contributed by atoms with Gasteiger partial charge in [0.1, 0.15) is 0 Å². The summed E-state index contributed by atoms with van der Waals surface area (Å²) < 4.78 is 0. The third kappa shape index (κ3) is 148. The minimum atomic E-state index is 1.25. The van der Waals surface area contributed by atoms with Gasteiger partial charge in [0.05, 0.1) is 0 Å². The zero-order chi connectivity index (χ0) is 14.2. The van der Waals surface area contributed by atoms with Crippen molar-refractivity contribution in [1.82, 2.24) is 0 Å². The van der Waals surface area contributed by atoms with E-state index in [9.17, 15) is 0 Å². The van der Waals surface area contributed by atoms with E-state index < -0.39 is 0 Å². The maximum absolute atomic E-state index is 2.12. The van der Waals surface area contributed by atoms with Crippen LogP contribution >= 0.6 is 0 Å². The first-order valence-corrected chi connectivity index (χ1v) is 7.83. The molecule has 0 aromatic heterocycles. The van der Waals surface area contributed by atoms with Crippen molar-refractivity contribution in [1.29, 1.82) is 0 Å². The molecule has 106 valence electrons. The SMILES string of the molecule is C1CCC1.CC.CC.CC.CCC.CCC. The summed E-state index contributed by atoms with van der Waals surface area (Å²) in [5.41, 5.74) is 0. The maximum Gasteiger partial charge on any atom is -0.0533 e. The Morgan fingerprint density at radius 3 is 0.500 bits per heavy atom. The van der Waals surface area contributed by atoms with Gasteiger partial charge in [-0.3, -0.25) is 0 Å². The van der Waals surface area contributed by atoms with E-state index in [0.717, 1.165) is 0 Å². The van der Waals surface area contributed by atoms with Crippen LogP contribution in [0.3, 0.4) is 0 Å². The standard InChI is InChI=1S/C4H8.2C3H8.3C2H6/c1-2-4-3-1;2*1-3-2;3*1-2/h1-4H2;2*3H2,1-2H3;3*1-2H3. The summed E-state index contributed by atoms with van der Waals surface area (Å²) in [6, 6.07) is 0. The summed E-state index contributed by atoms with van der Waals surface area (Å²) in [5, 5.41) is 0. The molecule has 0 aromatic carbocycles. The Morgan fingerprint density at radius 2 is 0.500 bits per heavy atom. The van der Waals surface area contributed by atoms with E-state index in [0.29, 0.717) is 0 Å². The molecule has 0 unspecified atom stereocenters. The summed E-state index contributed by atoms with van der Waals surface area (Å²) >= 11 is 0. The van der Waals surface area contributed by atoms with Crippen LogP contribution in [0.15, 0.2) is 0 Å². The lowest BCUT2D eigenvalue weighted by atomic mass is 10.0. The molecule has 0 nitrogen and oxygen atoms in total. The molecule has 0 heteroatoms. The van der Waals surface area contributed by atoms with Gasteiger partial charge in [-0.2, -0.15) is 0 Å². The first-order valence-electron chi connectivity index (χ1n) is 7.83. The highest BCUT2D eigenvalue weighted by Crippen LogP contribution is 2.15. The van der Waals surface area contributed by atoms with Gasteiger partial charge in [-0.05, 0) is 0 Å². The molecule has 0 saturated heterocycles. The topological polar surface area (TPSA) is 0 Å². The van der Waals surface area contributed by atoms with Crippen molar-refractivity contribution in [2.24, 2.45) is 0 Å². The number of hydrogen-bond donors (Lipinski definition) is 0. The molecule has 0 N–H and O–H groups in total. The molecule has 0 radical (unpaired) electrons. The van der Waals surface area contributed by atoms with Gasteiger partial charge in [-0.25, -0.2) is 0 Å². The average Bonchev–Trinajstić information content (AvgIpc) is 2.26. The predicted molar refractivity (Wildman–Crippen MR) is 84.4 cm³/mol. The summed E-state index contributed by atoms with van der Waals surface area (Å²) in [5.74, 6) is 0. The van der Waals surface area contributed by atoms with Gasteiger partial charge in [-0.15, -0.1) is 0 Å². The molecule has 0 aromatic rings. The van der Waals surface area contributed by atoms with Gasteiger partial charge < -0.3 is 0 Å². The highest BCUT2D eigenvalue weighted by Gasteiger charge is 1.95. The van der Waals surface area contributed by atoms with Gasteiger partial charge in [0.15, 0.2) is 0 Å². The minimum Gasteiger partial charge on any atom is -0.0683 e. The Kier molecular flexibility index (Phi) is 152. The second kappa shape index (κ2) is 81.7. The van der Waals surface area contributed by atoms with Crippen LogP contribution in [0.2, 0.25) is 0 Å². The first kappa shape index (κ1) is 29.8. The smallest absolute Gasteiger partial charge is 0.0533 e. The molecule has 1 aliphatic carbocycles. The van der Waals surface area contributed by atoms with Gasteiger partial charge in [-0.1, -0.05) is 108 Å². The molecule has 1 fully saturated rings. The molecule has 0 atom stereocenters. The Labute approximate surface area is 108 Å². The lowest BCUT2D eigenvalue weighted by molar-refractivity contribution is 0.504. The fraction of sp³-hybridized carbons (Fsp3) is 1.00. The Balaban J connectivity index is -0.0000000314. The Hall–Kier alpha value is 0. The predicted octanol–water partition coefficient (Wildman–Crippen LogP) is 7.47. The van der Waals surface area contributed by atoms with Crippen LogP contribution in [-0.4, -0.2) is 0 Å². The van der Waals surface area contributed by atoms with E-state index in [1.807, 2.05) is 41.5 Å². The van der Waals surface area contributed by atoms with E-state index in [1.165, 1.54) is 38.5 Å². The maximum atomic E-state index is 2.12. The third-order valence-electron chi connectivity index (χ3n) is 1.000. The lowest BCUT2D eigenvalue weighted by Crippen LogP contribution is -1.85. The zero-order valence-electron chi connectivity index (χ0n) is 14.2.